The van der Waals surface area contributed by atoms with Crippen LogP contribution in [0.25, 0.3) is 0 Å². The summed E-state index contributed by atoms with van der Waals surface area (Å²) in [5.41, 5.74) is 1.12. The van der Waals surface area contributed by atoms with Gasteiger partial charge >= 0.3 is 0 Å². The van der Waals surface area contributed by atoms with E-state index in [1.54, 1.807) is 0 Å². The van der Waals surface area contributed by atoms with Crippen LogP contribution in [0.15, 0.2) is 30.3 Å². The maximum absolute atomic E-state index is 5.99. The highest BCUT2D eigenvalue weighted by molar-refractivity contribution is 5.15. The lowest BCUT2D eigenvalue weighted by Crippen LogP contribution is -2.12. The van der Waals surface area contributed by atoms with Crippen LogP contribution in [-0.4, -0.2) is 13.2 Å². The van der Waals surface area contributed by atoms with Gasteiger partial charge in [0, 0.05) is 5.56 Å². The molecule has 0 amide bonds. The number of hydrogen-bond donors (Lipinski definition) is 0. The zero-order chi connectivity index (χ0) is 16.0. The van der Waals surface area contributed by atoms with E-state index in [4.69, 9.17) is 9.47 Å². The van der Waals surface area contributed by atoms with E-state index in [0.717, 1.165) is 31.6 Å². The fraction of sp³-hybridized carbons (Fsp3) is 0.700. The van der Waals surface area contributed by atoms with E-state index < -0.39 is 0 Å². The summed E-state index contributed by atoms with van der Waals surface area (Å²) in [5.74, 6) is 0.662. The van der Waals surface area contributed by atoms with Crippen LogP contribution >= 0.6 is 0 Å². The first kappa shape index (κ1) is 19.2. The van der Waals surface area contributed by atoms with Gasteiger partial charge in [0.2, 0.25) is 0 Å². The molecule has 0 radical (unpaired) electrons. The molecule has 2 nitrogen and oxygen atoms in total. The first-order chi connectivity index (χ1) is 10.7. The Morgan fingerprint density at radius 2 is 1.45 bits per heavy atom. The van der Waals surface area contributed by atoms with Crippen LogP contribution in [0.5, 0.6) is 0 Å². The van der Waals surface area contributed by atoms with Crippen LogP contribution in [0.2, 0.25) is 0 Å². The van der Waals surface area contributed by atoms with Gasteiger partial charge in [-0.3, -0.25) is 0 Å². The molecule has 1 rings (SSSR count). The molecule has 1 unspecified atom stereocenters. The number of rotatable bonds is 13. The molecule has 0 N–H and O–H groups in total. The standard InChI is InChI=1S/C20H34O2/c1-4-5-6-7-8-12-16-21-20(22-17-15-18(2)3)19-13-10-9-11-14-19/h9-11,13-14,18,20H,4-8,12,15-17H2,1-3H3. The van der Waals surface area contributed by atoms with Crippen molar-refractivity contribution < 1.29 is 9.47 Å². The highest BCUT2D eigenvalue weighted by Gasteiger charge is 2.12. The van der Waals surface area contributed by atoms with E-state index in [1.165, 1.54) is 32.1 Å². The molecular formula is C20H34O2. The van der Waals surface area contributed by atoms with Gasteiger partial charge in [-0.1, -0.05) is 83.2 Å². The lowest BCUT2D eigenvalue weighted by Gasteiger charge is -2.19. The first-order valence-corrected chi connectivity index (χ1v) is 9.02. The summed E-state index contributed by atoms with van der Waals surface area (Å²) in [5, 5.41) is 0. The van der Waals surface area contributed by atoms with Crippen molar-refractivity contribution >= 4 is 0 Å². The number of benzene rings is 1. The minimum absolute atomic E-state index is 0.212. The van der Waals surface area contributed by atoms with Crippen molar-refractivity contribution in [1.29, 1.82) is 0 Å². The maximum Gasteiger partial charge on any atom is 0.183 e. The van der Waals surface area contributed by atoms with Gasteiger partial charge in [0.1, 0.15) is 0 Å². The van der Waals surface area contributed by atoms with Crippen LogP contribution in [0, 0.1) is 5.92 Å². The summed E-state index contributed by atoms with van der Waals surface area (Å²) in [7, 11) is 0. The SMILES string of the molecule is CCCCCCCCOC(OCCC(C)C)c1ccccc1. The van der Waals surface area contributed by atoms with E-state index in [9.17, 15) is 0 Å². The molecule has 1 atom stereocenters. The summed E-state index contributed by atoms with van der Waals surface area (Å²) in [6.45, 7) is 8.24. The molecule has 0 fully saturated rings. The molecule has 1 aromatic carbocycles. The highest BCUT2D eigenvalue weighted by atomic mass is 16.7. The van der Waals surface area contributed by atoms with Gasteiger partial charge in [0.25, 0.3) is 0 Å². The molecule has 0 aliphatic carbocycles. The summed E-state index contributed by atoms with van der Waals surface area (Å²) in [4.78, 5) is 0. The smallest absolute Gasteiger partial charge is 0.183 e. The summed E-state index contributed by atoms with van der Waals surface area (Å²) in [6.07, 6.45) is 8.57. The third-order valence-electron chi connectivity index (χ3n) is 3.80. The molecule has 0 aliphatic heterocycles. The molecule has 0 aromatic heterocycles. The molecular weight excluding hydrogens is 272 g/mol. The van der Waals surface area contributed by atoms with Gasteiger partial charge in [-0.05, 0) is 18.8 Å². The Morgan fingerprint density at radius 1 is 0.818 bits per heavy atom. The molecule has 1 aromatic rings. The lowest BCUT2D eigenvalue weighted by molar-refractivity contribution is -0.149. The minimum atomic E-state index is -0.212. The van der Waals surface area contributed by atoms with Gasteiger partial charge in [-0.15, -0.1) is 0 Å². The summed E-state index contributed by atoms with van der Waals surface area (Å²) >= 11 is 0. The second kappa shape index (κ2) is 12.7. The predicted molar refractivity (Wildman–Crippen MR) is 93.9 cm³/mol. The van der Waals surface area contributed by atoms with Gasteiger partial charge in [-0.2, -0.15) is 0 Å². The molecule has 0 saturated heterocycles. The van der Waals surface area contributed by atoms with E-state index in [-0.39, 0.29) is 6.29 Å². The van der Waals surface area contributed by atoms with E-state index >= 15 is 0 Å². The van der Waals surface area contributed by atoms with Crippen molar-refractivity contribution in [2.45, 2.75) is 72.0 Å². The van der Waals surface area contributed by atoms with Crippen LogP contribution in [0.1, 0.15) is 77.6 Å². The molecule has 0 heterocycles. The summed E-state index contributed by atoms with van der Waals surface area (Å²) in [6, 6.07) is 10.3. The Labute approximate surface area is 137 Å². The average molecular weight is 306 g/mol. The molecule has 0 aliphatic rings. The fourth-order valence-corrected chi connectivity index (χ4v) is 2.33. The second-order valence-electron chi connectivity index (χ2n) is 6.43. The molecule has 126 valence electrons. The third kappa shape index (κ3) is 9.22. The summed E-state index contributed by atoms with van der Waals surface area (Å²) < 4.78 is 12.0. The molecule has 22 heavy (non-hydrogen) atoms. The topological polar surface area (TPSA) is 18.5 Å². The van der Waals surface area contributed by atoms with Gasteiger partial charge in [0.15, 0.2) is 6.29 Å². The van der Waals surface area contributed by atoms with Crippen LogP contribution in [0.4, 0.5) is 0 Å². The largest absolute Gasteiger partial charge is 0.348 e. The Kier molecular flexibility index (Phi) is 11.0. The molecule has 0 spiro atoms. The van der Waals surface area contributed by atoms with Crippen molar-refractivity contribution in [1.82, 2.24) is 0 Å². The van der Waals surface area contributed by atoms with Gasteiger partial charge < -0.3 is 9.47 Å². The molecule has 0 bridgehead atoms. The van der Waals surface area contributed by atoms with E-state index in [0.29, 0.717) is 5.92 Å². The first-order valence-electron chi connectivity index (χ1n) is 9.02. The van der Waals surface area contributed by atoms with Crippen molar-refractivity contribution in [3.05, 3.63) is 35.9 Å². The highest BCUT2D eigenvalue weighted by Crippen LogP contribution is 2.20. The monoisotopic (exact) mass is 306 g/mol. The Morgan fingerprint density at radius 3 is 2.14 bits per heavy atom. The van der Waals surface area contributed by atoms with Crippen molar-refractivity contribution in [2.24, 2.45) is 5.92 Å². The van der Waals surface area contributed by atoms with Crippen LogP contribution in [-0.2, 0) is 9.47 Å². The van der Waals surface area contributed by atoms with Crippen molar-refractivity contribution in [3.8, 4) is 0 Å². The van der Waals surface area contributed by atoms with Crippen LogP contribution < -0.4 is 0 Å². The predicted octanol–water partition coefficient (Wildman–Crippen LogP) is 6.13. The van der Waals surface area contributed by atoms with Crippen molar-refractivity contribution in [2.75, 3.05) is 13.2 Å². The Balaban J connectivity index is 2.29. The second-order valence-corrected chi connectivity index (χ2v) is 6.43. The van der Waals surface area contributed by atoms with Crippen LogP contribution in [0.3, 0.4) is 0 Å². The fourth-order valence-electron chi connectivity index (χ4n) is 2.33. The van der Waals surface area contributed by atoms with E-state index in [2.05, 4.69) is 32.9 Å². The normalized spacial score (nSPS) is 12.7. The molecule has 0 saturated carbocycles. The van der Waals surface area contributed by atoms with Gasteiger partial charge in [-0.25, -0.2) is 0 Å². The minimum Gasteiger partial charge on any atom is -0.348 e. The number of unbranched alkanes of at least 4 members (excludes halogenated alkanes) is 5. The van der Waals surface area contributed by atoms with Crippen molar-refractivity contribution in [3.63, 3.8) is 0 Å². The lowest BCUT2D eigenvalue weighted by atomic mass is 10.1. The Bertz CT molecular complexity index is 348. The van der Waals surface area contributed by atoms with Gasteiger partial charge in [0.05, 0.1) is 13.2 Å². The Hall–Kier alpha value is -0.860. The zero-order valence-corrected chi connectivity index (χ0v) is 14.7. The zero-order valence-electron chi connectivity index (χ0n) is 14.7. The maximum atomic E-state index is 5.99. The molecule has 2 heteroatoms. The third-order valence-corrected chi connectivity index (χ3v) is 3.80. The quantitative estimate of drug-likeness (QED) is 0.322. The average Bonchev–Trinajstić information content (AvgIpc) is 2.53. The number of ether oxygens (including phenoxy) is 2. The van der Waals surface area contributed by atoms with E-state index in [1.807, 2.05) is 18.2 Å². The number of hydrogen-bond acceptors (Lipinski definition) is 2.